The lowest BCUT2D eigenvalue weighted by Gasteiger charge is -2.44. The van der Waals surface area contributed by atoms with Gasteiger partial charge in [0.25, 0.3) is 0 Å². The zero-order chi connectivity index (χ0) is 30.6. The minimum Gasteiger partial charge on any atom is -0.464 e. The number of carbonyl (C=O) groups excluding carboxylic acids is 3. The number of ether oxygens (including phenoxy) is 3. The molecule has 0 spiro atoms. The van der Waals surface area contributed by atoms with Crippen LogP contribution in [0.4, 0.5) is 0 Å². The monoisotopic (exact) mass is 580 g/mol. The predicted molar refractivity (Wildman–Crippen MR) is 164 cm³/mol. The number of hydrogen-bond acceptors (Lipinski definition) is 6. The number of hydrogen-bond donors (Lipinski definition) is 2. The number of rotatable bonds is 22. The second kappa shape index (κ2) is 20.9. The Morgan fingerprint density at radius 3 is 2.15 bits per heavy atom. The summed E-state index contributed by atoms with van der Waals surface area (Å²) in [4.78, 5) is 37.0. The summed E-state index contributed by atoms with van der Waals surface area (Å²) in [6, 6.07) is 0. The molecule has 41 heavy (non-hydrogen) atoms. The molecule has 0 aromatic carbocycles. The van der Waals surface area contributed by atoms with Gasteiger partial charge in [0.15, 0.2) is 5.79 Å². The van der Waals surface area contributed by atoms with E-state index in [2.05, 4.69) is 29.7 Å². The predicted octanol–water partition coefficient (Wildman–Crippen LogP) is 6.61. The van der Waals surface area contributed by atoms with Gasteiger partial charge in [-0.15, -0.1) is 0 Å². The summed E-state index contributed by atoms with van der Waals surface area (Å²) in [7, 11) is 0. The van der Waals surface area contributed by atoms with Gasteiger partial charge in [-0.05, 0) is 46.0 Å². The fourth-order valence-electron chi connectivity index (χ4n) is 4.76. The average Bonchev–Trinajstić information content (AvgIpc) is 2.92. The fraction of sp³-hybridized carbons (Fsp3) is 0.848. The third-order valence-electron chi connectivity index (χ3n) is 7.53. The first-order valence-electron chi connectivity index (χ1n) is 16.2. The van der Waals surface area contributed by atoms with Gasteiger partial charge in [0.2, 0.25) is 11.8 Å². The molecular formula is C33H60N2O6. The van der Waals surface area contributed by atoms with E-state index in [0.717, 1.165) is 25.7 Å². The zero-order valence-corrected chi connectivity index (χ0v) is 27.0. The lowest BCUT2D eigenvalue weighted by atomic mass is 9.85. The van der Waals surface area contributed by atoms with E-state index in [-0.39, 0.29) is 43.8 Å². The third kappa shape index (κ3) is 17.6. The molecule has 2 amide bonds. The average molecular weight is 581 g/mol. The normalized spacial score (nSPS) is 18.6. The first-order valence-corrected chi connectivity index (χ1v) is 16.2. The van der Waals surface area contributed by atoms with E-state index in [0.29, 0.717) is 6.61 Å². The smallest absolute Gasteiger partial charge is 0.307 e. The van der Waals surface area contributed by atoms with Crippen LogP contribution < -0.4 is 10.6 Å². The Labute approximate surface area is 250 Å². The molecule has 1 aliphatic heterocycles. The highest BCUT2D eigenvalue weighted by molar-refractivity contribution is 5.82. The molecule has 2 unspecified atom stereocenters. The maximum atomic E-state index is 12.6. The summed E-state index contributed by atoms with van der Waals surface area (Å²) in [5.41, 5.74) is -0.473. The number of carbonyl (C=O) groups is 3. The molecule has 0 aliphatic carbocycles. The summed E-state index contributed by atoms with van der Waals surface area (Å²) < 4.78 is 16.6. The van der Waals surface area contributed by atoms with Gasteiger partial charge in [-0.3, -0.25) is 14.4 Å². The van der Waals surface area contributed by atoms with Crippen LogP contribution in [0.1, 0.15) is 131 Å². The molecule has 0 saturated carbocycles. The van der Waals surface area contributed by atoms with Crippen LogP contribution in [0.15, 0.2) is 12.2 Å². The van der Waals surface area contributed by atoms with Crippen LogP contribution in [0.25, 0.3) is 0 Å². The van der Waals surface area contributed by atoms with Crippen LogP contribution in [0.5, 0.6) is 0 Å². The molecule has 238 valence electrons. The Morgan fingerprint density at radius 1 is 0.878 bits per heavy atom. The van der Waals surface area contributed by atoms with Crippen LogP contribution in [-0.4, -0.2) is 56.0 Å². The van der Waals surface area contributed by atoms with Gasteiger partial charge < -0.3 is 24.8 Å². The molecule has 8 nitrogen and oxygen atoms in total. The van der Waals surface area contributed by atoms with Crippen molar-refractivity contribution in [2.45, 2.75) is 143 Å². The minimum absolute atomic E-state index is 0.00654. The van der Waals surface area contributed by atoms with Gasteiger partial charge in [0.05, 0.1) is 19.6 Å². The molecular weight excluding hydrogens is 520 g/mol. The number of esters is 1. The van der Waals surface area contributed by atoms with Gasteiger partial charge in [-0.25, -0.2) is 0 Å². The summed E-state index contributed by atoms with van der Waals surface area (Å²) in [6.07, 6.45) is 20.0. The summed E-state index contributed by atoms with van der Waals surface area (Å²) in [6.45, 7) is 12.5. The highest BCUT2D eigenvalue weighted by Crippen LogP contribution is 2.34. The van der Waals surface area contributed by atoms with Crippen molar-refractivity contribution in [1.82, 2.24) is 10.6 Å². The van der Waals surface area contributed by atoms with Crippen molar-refractivity contribution < 1.29 is 28.6 Å². The maximum absolute atomic E-state index is 12.6. The van der Waals surface area contributed by atoms with Crippen LogP contribution >= 0.6 is 0 Å². The van der Waals surface area contributed by atoms with Crippen molar-refractivity contribution in [2.24, 2.45) is 11.3 Å². The van der Waals surface area contributed by atoms with Gasteiger partial charge >= 0.3 is 5.97 Å². The largest absolute Gasteiger partial charge is 0.464 e. The summed E-state index contributed by atoms with van der Waals surface area (Å²) >= 11 is 0. The number of allylic oxidation sites excluding steroid dienone is 2. The van der Waals surface area contributed by atoms with Crippen molar-refractivity contribution >= 4 is 17.8 Å². The van der Waals surface area contributed by atoms with E-state index in [1.165, 1.54) is 57.8 Å². The third-order valence-corrected chi connectivity index (χ3v) is 7.53. The second-order valence-corrected chi connectivity index (χ2v) is 12.6. The summed E-state index contributed by atoms with van der Waals surface area (Å²) in [5, 5.41) is 5.61. The minimum atomic E-state index is -0.831. The number of nitrogens with one attached hydrogen (secondary N) is 2. The fourth-order valence-corrected chi connectivity index (χ4v) is 4.76. The van der Waals surface area contributed by atoms with Crippen LogP contribution in [0, 0.1) is 11.3 Å². The van der Waals surface area contributed by atoms with Crippen molar-refractivity contribution in [3.05, 3.63) is 12.2 Å². The molecule has 1 rings (SSSR count). The van der Waals surface area contributed by atoms with E-state index in [1.54, 1.807) is 13.8 Å². The molecule has 2 N–H and O–H groups in total. The van der Waals surface area contributed by atoms with Crippen molar-refractivity contribution in [2.75, 3.05) is 26.3 Å². The molecule has 0 aromatic rings. The van der Waals surface area contributed by atoms with Crippen molar-refractivity contribution in [3.63, 3.8) is 0 Å². The Morgan fingerprint density at radius 2 is 1.49 bits per heavy atom. The Hall–Kier alpha value is -1.93. The number of amides is 2. The highest BCUT2D eigenvalue weighted by Gasteiger charge is 2.45. The Balaban J connectivity index is 2.02. The molecule has 8 heteroatoms. The zero-order valence-electron chi connectivity index (χ0n) is 27.0. The standard InChI is InChI=1S/C33H60N2O6/c1-7-8-9-10-11-12-13-14-15-16-17-18-19-20-21-27(2)30(37)35-24-25-39-28(36)22-23-34-31(38)29-32(3,4)26-40-33(5,6)41-29/h14-15,27,29H,7-13,16-26H2,1-6H3,(H,34,38)(H,35,37). The van der Waals surface area contributed by atoms with E-state index < -0.39 is 23.3 Å². The lowest BCUT2D eigenvalue weighted by molar-refractivity contribution is -0.304. The van der Waals surface area contributed by atoms with E-state index in [1.807, 2.05) is 20.8 Å². The van der Waals surface area contributed by atoms with Gasteiger partial charge in [0.1, 0.15) is 12.7 Å². The van der Waals surface area contributed by atoms with Crippen molar-refractivity contribution in [3.8, 4) is 0 Å². The molecule has 0 bridgehead atoms. The topological polar surface area (TPSA) is 103 Å². The SMILES string of the molecule is CCCCCCCCC=CCCCCCCC(C)C(=O)NCCOC(=O)CCNC(=O)C1OC(C)(C)OCC1(C)C. The first kappa shape index (κ1) is 37.1. The van der Waals surface area contributed by atoms with E-state index in [4.69, 9.17) is 14.2 Å². The van der Waals surface area contributed by atoms with E-state index in [9.17, 15) is 14.4 Å². The molecule has 0 aromatic heterocycles. The molecule has 1 fully saturated rings. The van der Waals surface area contributed by atoms with E-state index >= 15 is 0 Å². The molecule has 0 radical (unpaired) electrons. The van der Waals surface area contributed by atoms with Crippen LogP contribution in [0.2, 0.25) is 0 Å². The van der Waals surface area contributed by atoms with Crippen molar-refractivity contribution in [1.29, 1.82) is 0 Å². The van der Waals surface area contributed by atoms with Gasteiger partial charge in [-0.1, -0.05) is 91.2 Å². The van der Waals surface area contributed by atoms with Crippen LogP contribution in [-0.2, 0) is 28.6 Å². The summed E-state index contributed by atoms with van der Waals surface area (Å²) in [5.74, 6) is -1.58. The maximum Gasteiger partial charge on any atom is 0.307 e. The number of unbranched alkanes of at least 4 members (excludes halogenated alkanes) is 10. The Bertz CT molecular complexity index is 780. The second-order valence-electron chi connectivity index (χ2n) is 12.6. The molecule has 1 aliphatic rings. The molecule has 2 atom stereocenters. The quantitative estimate of drug-likeness (QED) is 0.0848. The van der Waals surface area contributed by atoms with Gasteiger partial charge in [-0.2, -0.15) is 0 Å². The van der Waals surface area contributed by atoms with Gasteiger partial charge in [0, 0.05) is 17.9 Å². The lowest BCUT2D eigenvalue weighted by Crippen LogP contribution is -2.56. The van der Waals surface area contributed by atoms with Crippen LogP contribution in [0.3, 0.4) is 0 Å². The molecule has 1 heterocycles. The molecule has 1 saturated heterocycles. The first-order chi connectivity index (χ1) is 19.5. The Kier molecular flexibility index (Phi) is 18.9. The highest BCUT2D eigenvalue weighted by atomic mass is 16.7.